The van der Waals surface area contributed by atoms with Gasteiger partial charge in [0, 0.05) is 12.5 Å². The molecule has 4 atom stereocenters. The lowest BCUT2D eigenvalue weighted by atomic mass is 9.91. The maximum atomic E-state index is 13.3. The Hall–Kier alpha value is -3.90. The van der Waals surface area contributed by atoms with Gasteiger partial charge in [-0.2, -0.15) is 9.97 Å². The maximum absolute atomic E-state index is 13.3. The van der Waals surface area contributed by atoms with Gasteiger partial charge in [-0.25, -0.2) is 4.98 Å². The van der Waals surface area contributed by atoms with Crippen LogP contribution in [0.3, 0.4) is 0 Å². The van der Waals surface area contributed by atoms with Crippen LogP contribution in [-0.2, 0) is 19.0 Å². The Labute approximate surface area is 253 Å². The first-order valence-corrected chi connectivity index (χ1v) is 14.6. The molecule has 2 saturated heterocycles. The summed E-state index contributed by atoms with van der Waals surface area (Å²) in [5, 5.41) is 16.0. The second-order valence-corrected chi connectivity index (χ2v) is 11.4. The number of ketones is 1. The number of nitrogens with one attached hydrogen (secondary N) is 1. The molecule has 0 spiro atoms. The molecule has 2 N–H and O–H groups in total. The van der Waals surface area contributed by atoms with Gasteiger partial charge in [0.25, 0.3) is 0 Å². The van der Waals surface area contributed by atoms with Crippen molar-refractivity contribution in [3.8, 4) is 0 Å². The molecule has 11 nitrogen and oxygen atoms in total. The zero-order valence-corrected chi connectivity index (χ0v) is 24.8. The summed E-state index contributed by atoms with van der Waals surface area (Å²) >= 11 is 6.44. The number of fused-ring (bicyclic) bond motifs is 2. The average molecular weight is 605 g/mol. The lowest BCUT2D eigenvalue weighted by molar-refractivity contribution is -0.196. The number of imidazole rings is 1. The van der Waals surface area contributed by atoms with Crippen LogP contribution < -0.4 is 5.32 Å². The van der Waals surface area contributed by atoms with E-state index in [1.807, 2.05) is 43.3 Å². The number of nitrogens with zero attached hydrogens (tertiary/aromatic N) is 5. The average Bonchev–Trinajstić information content (AvgIpc) is 3.67. The summed E-state index contributed by atoms with van der Waals surface area (Å²) in [7, 11) is 0. The van der Waals surface area contributed by atoms with E-state index in [9.17, 15) is 10.0 Å². The monoisotopic (exact) mass is 604 g/mol. The number of carbonyl (C=O) groups excluding carboxylic acids is 1. The number of aromatic nitrogens is 4. The summed E-state index contributed by atoms with van der Waals surface area (Å²) in [6.45, 7) is 5.93. The molecule has 6 rings (SSSR count). The molecule has 0 aliphatic carbocycles. The van der Waals surface area contributed by atoms with Crippen molar-refractivity contribution in [1.82, 2.24) is 19.5 Å². The second-order valence-electron chi connectivity index (χ2n) is 11.1. The third kappa shape index (κ3) is 5.85. The van der Waals surface area contributed by atoms with Gasteiger partial charge in [-0.05, 0) is 43.0 Å². The number of halogens is 1. The SMILES string of the molecule is CCC(CC(=O)[C@H]1O[C@@H](n2cnc3c(NCC(c4ccccc4)c4ccccc4)nc(Cl)nc32)[C@@H]2OC(C)(C)O[C@@H]21)=NO. The minimum absolute atomic E-state index is 0.0329. The first-order chi connectivity index (χ1) is 20.8. The first kappa shape index (κ1) is 29.2. The molecule has 0 amide bonds. The van der Waals surface area contributed by atoms with E-state index in [0.717, 1.165) is 11.1 Å². The van der Waals surface area contributed by atoms with E-state index in [1.165, 1.54) is 0 Å². The highest BCUT2D eigenvalue weighted by atomic mass is 35.5. The van der Waals surface area contributed by atoms with E-state index in [-0.39, 0.29) is 23.4 Å². The van der Waals surface area contributed by atoms with Crippen LogP contribution in [0, 0.1) is 0 Å². The van der Waals surface area contributed by atoms with Gasteiger partial charge in [-0.1, -0.05) is 72.7 Å². The standard InChI is InChI=1S/C31H33ClN6O5/c1-4-20(37-40)15-22(39)24-25-26(43-31(2,3)42-25)29(41-24)38-17-34-23-27(35-30(32)36-28(23)38)33-16-21(18-11-7-5-8-12-18)19-13-9-6-10-14-19/h5-14,17,21,24-26,29,40H,4,15-16H2,1-3H3,(H,33,35,36)/t24-,25-,26-,29-/m1/s1. The summed E-state index contributed by atoms with van der Waals surface area (Å²) in [6.07, 6.45) is -1.05. The van der Waals surface area contributed by atoms with Gasteiger partial charge in [0.05, 0.1) is 18.5 Å². The molecule has 0 bridgehead atoms. The minimum atomic E-state index is -0.940. The van der Waals surface area contributed by atoms with E-state index < -0.39 is 30.3 Å². The third-order valence-corrected chi connectivity index (χ3v) is 7.99. The second kappa shape index (κ2) is 12.0. The summed E-state index contributed by atoms with van der Waals surface area (Å²) in [4.78, 5) is 26.8. The fraction of sp³-hybridized carbons (Fsp3) is 0.387. The van der Waals surface area contributed by atoms with E-state index in [4.69, 9.17) is 25.8 Å². The summed E-state index contributed by atoms with van der Waals surface area (Å²) in [5.41, 5.74) is 3.60. The number of hydrogen-bond donors (Lipinski definition) is 2. The number of oxime groups is 1. The zero-order valence-electron chi connectivity index (χ0n) is 24.1. The number of Topliss-reactive ketones (excluding diaryl/α,β-unsaturated/α-hetero) is 1. The van der Waals surface area contributed by atoms with Gasteiger partial charge < -0.3 is 24.7 Å². The molecule has 4 heterocycles. The Balaban J connectivity index is 1.31. The van der Waals surface area contributed by atoms with Crippen LogP contribution in [-0.4, -0.2) is 66.9 Å². The molecule has 2 aliphatic rings. The number of benzene rings is 2. The number of rotatable bonds is 10. The van der Waals surface area contributed by atoms with Crippen LogP contribution in [0.5, 0.6) is 0 Å². The number of carbonyl (C=O) groups is 1. The normalized spacial score (nSPS) is 23.1. The summed E-state index contributed by atoms with van der Waals surface area (Å²) in [6, 6.07) is 20.5. The number of hydrogen-bond acceptors (Lipinski definition) is 10. The smallest absolute Gasteiger partial charge is 0.226 e. The van der Waals surface area contributed by atoms with E-state index in [1.54, 1.807) is 24.7 Å². The molecule has 0 saturated carbocycles. The van der Waals surface area contributed by atoms with Crippen molar-refractivity contribution in [2.24, 2.45) is 5.16 Å². The number of anilines is 1. The molecular formula is C31H33ClN6O5. The fourth-order valence-electron chi connectivity index (χ4n) is 5.79. The van der Waals surface area contributed by atoms with Crippen LogP contribution in [0.25, 0.3) is 11.2 Å². The lowest BCUT2D eigenvalue weighted by Gasteiger charge is -2.24. The quantitative estimate of drug-likeness (QED) is 0.106. The molecule has 4 aromatic rings. The van der Waals surface area contributed by atoms with Crippen LogP contribution >= 0.6 is 11.6 Å². The van der Waals surface area contributed by atoms with Crippen molar-refractivity contribution in [2.45, 2.75) is 69.9 Å². The third-order valence-electron chi connectivity index (χ3n) is 7.82. The summed E-state index contributed by atoms with van der Waals surface area (Å²) < 4.78 is 20.3. The molecule has 2 fully saturated rings. The predicted octanol–water partition coefficient (Wildman–Crippen LogP) is 5.34. The zero-order chi connectivity index (χ0) is 30.1. The van der Waals surface area contributed by atoms with Gasteiger partial charge in [0.2, 0.25) is 5.28 Å². The van der Waals surface area contributed by atoms with Crippen LogP contribution in [0.1, 0.15) is 56.9 Å². The molecule has 12 heteroatoms. The highest BCUT2D eigenvalue weighted by Crippen LogP contribution is 2.44. The van der Waals surface area contributed by atoms with Crippen molar-refractivity contribution < 1.29 is 24.2 Å². The first-order valence-electron chi connectivity index (χ1n) is 14.3. The Kier molecular flexibility index (Phi) is 8.15. The Morgan fingerprint density at radius 1 is 1.07 bits per heavy atom. The van der Waals surface area contributed by atoms with E-state index >= 15 is 0 Å². The molecule has 43 heavy (non-hydrogen) atoms. The Morgan fingerprint density at radius 2 is 1.72 bits per heavy atom. The van der Waals surface area contributed by atoms with Crippen molar-refractivity contribution in [3.63, 3.8) is 0 Å². The highest BCUT2D eigenvalue weighted by molar-refractivity contribution is 6.28. The van der Waals surface area contributed by atoms with E-state index in [0.29, 0.717) is 35.7 Å². The maximum Gasteiger partial charge on any atom is 0.226 e. The minimum Gasteiger partial charge on any atom is -0.411 e. The van der Waals surface area contributed by atoms with Crippen molar-refractivity contribution in [2.75, 3.05) is 11.9 Å². The highest BCUT2D eigenvalue weighted by Gasteiger charge is 2.58. The van der Waals surface area contributed by atoms with Crippen LogP contribution in [0.15, 0.2) is 72.1 Å². The largest absolute Gasteiger partial charge is 0.411 e. The molecular weight excluding hydrogens is 572 g/mol. The molecule has 0 unspecified atom stereocenters. The van der Waals surface area contributed by atoms with Gasteiger partial charge in [0.15, 0.2) is 34.8 Å². The van der Waals surface area contributed by atoms with E-state index in [2.05, 4.69) is 49.7 Å². The van der Waals surface area contributed by atoms with Crippen molar-refractivity contribution >= 4 is 40.1 Å². The van der Waals surface area contributed by atoms with Gasteiger partial charge in [-0.15, -0.1) is 0 Å². The molecule has 2 aromatic heterocycles. The predicted molar refractivity (Wildman–Crippen MR) is 160 cm³/mol. The molecule has 2 aromatic carbocycles. The topological polar surface area (TPSA) is 133 Å². The molecule has 2 aliphatic heterocycles. The molecule has 0 radical (unpaired) electrons. The van der Waals surface area contributed by atoms with Gasteiger partial charge in [-0.3, -0.25) is 9.36 Å². The van der Waals surface area contributed by atoms with Crippen LogP contribution in [0.4, 0.5) is 5.82 Å². The van der Waals surface area contributed by atoms with Crippen molar-refractivity contribution in [3.05, 3.63) is 83.4 Å². The van der Waals surface area contributed by atoms with Gasteiger partial charge in [0.1, 0.15) is 18.3 Å². The lowest BCUT2D eigenvalue weighted by Crippen LogP contribution is -2.36. The number of ether oxygens (including phenoxy) is 3. The summed E-state index contributed by atoms with van der Waals surface area (Å²) in [5.74, 6) is -0.682. The van der Waals surface area contributed by atoms with Crippen molar-refractivity contribution in [1.29, 1.82) is 0 Å². The van der Waals surface area contributed by atoms with Gasteiger partial charge >= 0.3 is 0 Å². The molecule has 224 valence electrons. The van der Waals surface area contributed by atoms with Crippen LogP contribution in [0.2, 0.25) is 5.28 Å². The Bertz CT molecular complexity index is 1590. The fourth-order valence-corrected chi connectivity index (χ4v) is 5.95. The Morgan fingerprint density at radius 3 is 2.35 bits per heavy atom.